The van der Waals surface area contributed by atoms with Gasteiger partial charge in [0.2, 0.25) is 0 Å². The number of carboxylic acid groups (broad SMARTS) is 1. The number of carbonyl (C=O) groups excluding carboxylic acids is 1. The van der Waals surface area contributed by atoms with E-state index in [9.17, 15) is 9.59 Å². The van der Waals surface area contributed by atoms with Crippen molar-refractivity contribution in [1.82, 2.24) is 15.6 Å². The maximum absolute atomic E-state index is 11.8. The Balaban J connectivity index is 1.77. The molecular formula is C14H21N3O3S. The minimum Gasteiger partial charge on any atom is -0.476 e. The van der Waals surface area contributed by atoms with Gasteiger partial charge in [0.05, 0.1) is 6.04 Å². The van der Waals surface area contributed by atoms with E-state index in [-0.39, 0.29) is 17.8 Å². The quantitative estimate of drug-likeness (QED) is 0.779. The van der Waals surface area contributed by atoms with Gasteiger partial charge in [0.25, 0.3) is 0 Å². The highest BCUT2D eigenvalue weighted by molar-refractivity contribution is 7.09. The van der Waals surface area contributed by atoms with Gasteiger partial charge in [-0.25, -0.2) is 14.6 Å². The van der Waals surface area contributed by atoms with Crippen molar-refractivity contribution in [3.8, 4) is 0 Å². The molecule has 21 heavy (non-hydrogen) atoms. The molecule has 1 heterocycles. The first-order chi connectivity index (χ1) is 9.95. The average molecular weight is 311 g/mol. The first-order valence-corrected chi connectivity index (χ1v) is 8.06. The van der Waals surface area contributed by atoms with Crippen LogP contribution in [-0.2, 0) is 0 Å². The third-order valence-electron chi connectivity index (χ3n) is 3.81. The highest BCUT2D eigenvalue weighted by Gasteiger charge is 2.22. The van der Waals surface area contributed by atoms with Crippen LogP contribution in [0.4, 0.5) is 4.79 Å². The minimum absolute atomic E-state index is 0.0176. The SMILES string of the molecule is CC1CCC(CNC(=O)NC(C)c2nc(C(=O)O)cs2)C1. The largest absolute Gasteiger partial charge is 0.476 e. The van der Waals surface area contributed by atoms with Gasteiger partial charge in [0.1, 0.15) is 5.01 Å². The van der Waals surface area contributed by atoms with E-state index in [1.54, 1.807) is 6.92 Å². The number of thiazole rings is 1. The second-order valence-electron chi connectivity index (χ2n) is 5.74. The minimum atomic E-state index is -1.05. The third-order valence-corrected chi connectivity index (χ3v) is 4.84. The normalized spacial score (nSPS) is 22.8. The lowest BCUT2D eigenvalue weighted by molar-refractivity contribution is 0.0691. The average Bonchev–Trinajstić information content (AvgIpc) is 3.05. The first kappa shape index (κ1) is 15.8. The summed E-state index contributed by atoms with van der Waals surface area (Å²) in [5.41, 5.74) is 0.0176. The van der Waals surface area contributed by atoms with Crippen LogP contribution in [-0.4, -0.2) is 28.6 Å². The number of hydrogen-bond acceptors (Lipinski definition) is 4. The third kappa shape index (κ3) is 4.42. The van der Waals surface area contributed by atoms with Crippen molar-refractivity contribution in [3.63, 3.8) is 0 Å². The lowest BCUT2D eigenvalue weighted by atomic mass is 10.1. The Bertz CT molecular complexity index is 517. The fourth-order valence-corrected chi connectivity index (χ4v) is 3.44. The summed E-state index contributed by atoms with van der Waals surface area (Å²) in [6, 6.07) is -0.528. The molecule has 3 N–H and O–H groups in total. The topological polar surface area (TPSA) is 91.3 Å². The van der Waals surface area contributed by atoms with Crippen LogP contribution in [0.25, 0.3) is 0 Å². The fourth-order valence-electron chi connectivity index (χ4n) is 2.64. The number of hydrogen-bond donors (Lipinski definition) is 3. The number of carbonyl (C=O) groups is 2. The van der Waals surface area contributed by atoms with Crippen molar-refractivity contribution in [3.05, 3.63) is 16.1 Å². The summed E-state index contributed by atoms with van der Waals surface area (Å²) >= 11 is 1.24. The molecule has 0 saturated heterocycles. The van der Waals surface area contributed by atoms with Crippen molar-refractivity contribution < 1.29 is 14.7 Å². The highest BCUT2D eigenvalue weighted by atomic mass is 32.1. The van der Waals surface area contributed by atoms with Gasteiger partial charge in [-0.15, -0.1) is 11.3 Å². The van der Waals surface area contributed by atoms with Crippen LogP contribution in [0.1, 0.15) is 54.6 Å². The fraction of sp³-hybridized carbons (Fsp3) is 0.643. The molecule has 116 valence electrons. The molecule has 2 rings (SSSR count). The van der Waals surface area contributed by atoms with Gasteiger partial charge >= 0.3 is 12.0 Å². The molecule has 3 unspecified atom stereocenters. The summed E-state index contributed by atoms with van der Waals surface area (Å²) in [5.74, 6) is 0.271. The van der Waals surface area contributed by atoms with Crippen LogP contribution in [0.15, 0.2) is 5.38 Å². The van der Waals surface area contributed by atoms with Crippen molar-refractivity contribution in [2.75, 3.05) is 6.54 Å². The second-order valence-corrected chi connectivity index (χ2v) is 6.63. The molecule has 1 aliphatic rings. The Morgan fingerprint density at radius 1 is 1.52 bits per heavy atom. The summed E-state index contributed by atoms with van der Waals surface area (Å²) in [4.78, 5) is 26.6. The molecule has 7 heteroatoms. The van der Waals surface area contributed by atoms with Crippen molar-refractivity contribution >= 4 is 23.3 Å². The Labute approximate surface area is 128 Å². The number of nitrogens with one attached hydrogen (secondary N) is 2. The molecule has 0 spiro atoms. The molecule has 0 aromatic carbocycles. The van der Waals surface area contributed by atoms with E-state index in [1.165, 1.54) is 36.0 Å². The first-order valence-electron chi connectivity index (χ1n) is 7.18. The predicted octanol–water partition coefficient (Wildman–Crippen LogP) is 2.64. The Kier molecular flexibility index (Phi) is 5.17. The standard InChI is InChI=1S/C14H21N3O3S/c1-8-3-4-10(5-8)6-15-14(20)16-9(2)12-17-11(7-21-12)13(18)19/h7-10H,3-6H2,1-2H3,(H,18,19)(H2,15,16,20). The molecule has 2 amide bonds. The maximum Gasteiger partial charge on any atom is 0.355 e. The summed E-state index contributed by atoms with van der Waals surface area (Å²) in [7, 11) is 0. The summed E-state index contributed by atoms with van der Waals surface area (Å²) in [6.45, 7) is 4.73. The number of aromatic carboxylic acids is 1. The van der Waals surface area contributed by atoms with Crippen molar-refractivity contribution in [2.45, 2.75) is 39.2 Å². The Morgan fingerprint density at radius 2 is 2.29 bits per heavy atom. The molecule has 3 atom stereocenters. The van der Waals surface area contributed by atoms with E-state index < -0.39 is 5.97 Å². The Hall–Kier alpha value is -1.63. The van der Waals surface area contributed by atoms with Gasteiger partial charge in [-0.1, -0.05) is 13.3 Å². The zero-order chi connectivity index (χ0) is 15.4. The Morgan fingerprint density at radius 3 is 2.86 bits per heavy atom. The van der Waals surface area contributed by atoms with E-state index in [4.69, 9.17) is 5.11 Å². The smallest absolute Gasteiger partial charge is 0.355 e. The molecule has 0 aliphatic heterocycles. The predicted molar refractivity (Wildman–Crippen MR) is 80.5 cm³/mol. The number of carboxylic acids is 1. The van der Waals surface area contributed by atoms with Crippen LogP contribution < -0.4 is 10.6 Å². The zero-order valence-corrected chi connectivity index (χ0v) is 13.1. The summed E-state index contributed by atoms with van der Waals surface area (Å²) in [6.07, 6.45) is 3.58. The second kappa shape index (κ2) is 6.89. The molecule has 1 saturated carbocycles. The van der Waals surface area contributed by atoms with Crippen LogP contribution in [0, 0.1) is 11.8 Å². The molecule has 1 aliphatic carbocycles. The van der Waals surface area contributed by atoms with Crippen molar-refractivity contribution in [1.29, 1.82) is 0 Å². The van der Waals surface area contributed by atoms with Gasteiger partial charge in [0, 0.05) is 11.9 Å². The maximum atomic E-state index is 11.8. The molecule has 6 nitrogen and oxygen atoms in total. The molecule has 1 aromatic rings. The summed E-state index contributed by atoms with van der Waals surface area (Å²) < 4.78 is 0. The van der Waals surface area contributed by atoms with Gasteiger partial charge in [-0.3, -0.25) is 0 Å². The summed E-state index contributed by atoms with van der Waals surface area (Å²) in [5, 5.41) is 16.6. The monoisotopic (exact) mass is 311 g/mol. The van der Waals surface area contributed by atoms with Gasteiger partial charge in [-0.2, -0.15) is 0 Å². The number of rotatable bonds is 5. The van der Waals surface area contributed by atoms with Gasteiger partial charge in [-0.05, 0) is 31.6 Å². The lowest BCUT2D eigenvalue weighted by Gasteiger charge is -2.15. The van der Waals surface area contributed by atoms with Crippen molar-refractivity contribution in [2.24, 2.45) is 11.8 Å². The number of nitrogens with zero attached hydrogens (tertiary/aromatic N) is 1. The number of aromatic nitrogens is 1. The molecule has 1 aromatic heterocycles. The number of amides is 2. The van der Waals surface area contributed by atoms with E-state index >= 15 is 0 Å². The van der Waals surface area contributed by atoms with E-state index in [0.29, 0.717) is 17.5 Å². The molecule has 0 bridgehead atoms. The van der Waals surface area contributed by atoms with Gasteiger partial charge in [0.15, 0.2) is 5.69 Å². The lowest BCUT2D eigenvalue weighted by Crippen LogP contribution is -2.39. The van der Waals surface area contributed by atoms with E-state index in [0.717, 1.165) is 5.92 Å². The number of urea groups is 1. The van der Waals surface area contributed by atoms with Crippen LogP contribution in [0.3, 0.4) is 0 Å². The highest BCUT2D eigenvalue weighted by Crippen LogP contribution is 2.29. The van der Waals surface area contributed by atoms with Gasteiger partial charge < -0.3 is 15.7 Å². The van der Waals surface area contributed by atoms with E-state index in [2.05, 4.69) is 22.5 Å². The van der Waals surface area contributed by atoms with E-state index in [1.807, 2.05) is 0 Å². The molecule has 0 radical (unpaired) electrons. The van der Waals surface area contributed by atoms with Crippen LogP contribution >= 0.6 is 11.3 Å². The molecule has 1 fully saturated rings. The van der Waals surface area contributed by atoms with Crippen LogP contribution in [0.2, 0.25) is 0 Å². The zero-order valence-electron chi connectivity index (χ0n) is 12.3. The van der Waals surface area contributed by atoms with Crippen LogP contribution in [0.5, 0.6) is 0 Å². The molecular weight excluding hydrogens is 290 g/mol.